The smallest absolute Gasteiger partial charge is 0.160 e. The average molecular weight is 184 g/mol. The molecule has 13 heavy (non-hydrogen) atoms. The monoisotopic (exact) mass is 184 g/mol. The van der Waals surface area contributed by atoms with Gasteiger partial charge < -0.3 is 9.47 Å². The lowest BCUT2D eigenvalue weighted by Crippen LogP contribution is -1.93. The van der Waals surface area contributed by atoms with Crippen molar-refractivity contribution in [3.63, 3.8) is 0 Å². The molecule has 0 rings (SSSR count). The van der Waals surface area contributed by atoms with E-state index in [0.29, 0.717) is 11.5 Å². The van der Waals surface area contributed by atoms with Crippen molar-refractivity contribution in [1.29, 1.82) is 0 Å². The average Bonchev–Trinajstić information content (AvgIpc) is 2.16. The lowest BCUT2D eigenvalue weighted by Gasteiger charge is -2.07. The molecule has 0 fully saturated rings. The third kappa shape index (κ3) is 7.19. The lowest BCUT2D eigenvalue weighted by atomic mass is 10.3. The van der Waals surface area contributed by atoms with E-state index in [9.17, 15) is 0 Å². The van der Waals surface area contributed by atoms with Gasteiger partial charge in [-0.1, -0.05) is 32.6 Å². The maximum Gasteiger partial charge on any atom is 0.160 e. The predicted molar refractivity (Wildman–Crippen MR) is 57.4 cm³/mol. The van der Waals surface area contributed by atoms with Gasteiger partial charge in [0.05, 0.1) is 14.2 Å². The quantitative estimate of drug-likeness (QED) is 0.493. The largest absolute Gasteiger partial charge is 0.494 e. The summed E-state index contributed by atoms with van der Waals surface area (Å²) in [5.74, 6) is 1.12. The number of methoxy groups -OCH3 is 2. The molecule has 76 valence electrons. The Morgan fingerprint density at radius 3 is 1.77 bits per heavy atom. The van der Waals surface area contributed by atoms with Crippen LogP contribution in [0.5, 0.6) is 0 Å². The molecule has 0 aliphatic heterocycles. The zero-order chi connectivity index (χ0) is 10.9. The first-order valence-corrected chi connectivity index (χ1v) is 4.26. The lowest BCUT2D eigenvalue weighted by molar-refractivity contribution is 0.221. The van der Waals surface area contributed by atoms with Crippen LogP contribution in [0.2, 0.25) is 0 Å². The zero-order valence-electron chi connectivity index (χ0n) is 9.31. The minimum atomic E-state index is 0.510. The molecule has 0 N–H and O–H groups in total. The van der Waals surface area contributed by atoms with Gasteiger partial charge in [0.1, 0.15) is 0 Å². The maximum absolute atomic E-state index is 4.99. The number of hydrogen-bond acceptors (Lipinski definition) is 2. The second-order valence-electron chi connectivity index (χ2n) is 2.19. The van der Waals surface area contributed by atoms with Crippen LogP contribution in [-0.2, 0) is 9.47 Å². The van der Waals surface area contributed by atoms with Crippen LogP contribution in [0.4, 0.5) is 0 Å². The standard InChI is InChI=1S/C9H14O2.C2H6/c1-7(2)6-9(11-5)8(3)10-4;1-2/h6H,1,3H2,2,4-5H3;1-2H3/b9-6+;. The van der Waals surface area contributed by atoms with Gasteiger partial charge in [0.2, 0.25) is 0 Å². The Balaban J connectivity index is 0. The molecule has 0 amide bonds. The van der Waals surface area contributed by atoms with Crippen molar-refractivity contribution >= 4 is 0 Å². The molecule has 0 atom stereocenters. The first-order valence-electron chi connectivity index (χ1n) is 4.26. The Morgan fingerprint density at radius 1 is 1.08 bits per heavy atom. The minimum absolute atomic E-state index is 0.510. The van der Waals surface area contributed by atoms with Gasteiger partial charge in [-0.3, -0.25) is 0 Å². The Hall–Kier alpha value is -1.18. The molecule has 0 heterocycles. The molecule has 0 spiro atoms. The number of rotatable bonds is 4. The summed E-state index contributed by atoms with van der Waals surface area (Å²) in [5, 5.41) is 0. The van der Waals surface area contributed by atoms with Crippen LogP contribution >= 0.6 is 0 Å². The van der Waals surface area contributed by atoms with Crippen molar-refractivity contribution in [2.24, 2.45) is 0 Å². The topological polar surface area (TPSA) is 18.5 Å². The van der Waals surface area contributed by atoms with Gasteiger partial charge in [0, 0.05) is 0 Å². The molecule has 2 heteroatoms. The second-order valence-corrected chi connectivity index (χ2v) is 2.19. The molecule has 0 bridgehead atoms. The third-order valence-electron chi connectivity index (χ3n) is 1.12. The van der Waals surface area contributed by atoms with Gasteiger partial charge in [0.15, 0.2) is 11.5 Å². The van der Waals surface area contributed by atoms with E-state index >= 15 is 0 Å². The summed E-state index contributed by atoms with van der Waals surface area (Å²) in [7, 11) is 3.12. The van der Waals surface area contributed by atoms with E-state index in [2.05, 4.69) is 13.2 Å². The summed E-state index contributed by atoms with van der Waals surface area (Å²) in [5.41, 5.74) is 0.903. The van der Waals surface area contributed by atoms with Gasteiger partial charge in [-0.15, -0.1) is 0 Å². The molecule has 0 aromatic heterocycles. The highest BCUT2D eigenvalue weighted by Crippen LogP contribution is 2.10. The third-order valence-corrected chi connectivity index (χ3v) is 1.12. The van der Waals surface area contributed by atoms with E-state index in [-0.39, 0.29) is 0 Å². The van der Waals surface area contributed by atoms with Crippen LogP contribution < -0.4 is 0 Å². The van der Waals surface area contributed by atoms with Crippen molar-refractivity contribution in [2.45, 2.75) is 20.8 Å². The maximum atomic E-state index is 4.99. The van der Waals surface area contributed by atoms with Crippen LogP contribution in [0.1, 0.15) is 20.8 Å². The number of ether oxygens (including phenoxy) is 2. The van der Waals surface area contributed by atoms with Crippen molar-refractivity contribution in [3.05, 3.63) is 36.3 Å². The van der Waals surface area contributed by atoms with Crippen LogP contribution in [0.25, 0.3) is 0 Å². The second kappa shape index (κ2) is 8.91. The molecule has 0 aromatic rings. The summed E-state index contributed by atoms with van der Waals surface area (Å²) in [4.78, 5) is 0. The van der Waals surface area contributed by atoms with Crippen molar-refractivity contribution < 1.29 is 9.47 Å². The van der Waals surface area contributed by atoms with Crippen molar-refractivity contribution in [2.75, 3.05) is 14.2 Å². The summed E-state index contributed by atoms with van der Waals surface area (Å²) in [6.07, 6.45) is 1.77. The molecule has 0 aliphatic carbocycles. The fourth-order valence-corrected chi connectivity index (χ4v) is 0.578. The highest BCUT2D eigenvalue weighted by Gasteiger charge is 2.00. The number of hydrogen-bond donors (Lipinski definition) is 0. The zero-order valence-corrected chi connectivity index (χ0v) is 9.31. The van der Waals surface area contributed by atoms with E-state index in [1.807, 2.05) is 20.8 Å². The van der Waals surface area contributed by atoms with Gasteiger partial charge >= 0.3 is 0 Å². The van der Waals surface area contributed by atoms with Crippen molar-refractivity contribution in [3.8, 4) is 0 Å². The number of allylic oxidation sites excluding steroid dienone is 2. The molecular weight excluding hydrogens is 164 g/mol. The van der Waals surface area contributed by atoms with E-state index in [1.54, 1.807) is 20.3 Å². The van der Waals surface area contributed by atoms with E-state index in [4.69, 9.17) is 9.47 Å². The SMILES string of the molecule is C=C(C)/C=C(/OC)C(=C)OC.CC. The normalized spacial score (nSPS) is 9.46. The van der Waals surface area contributed by atoms with Gasteiger partial charge in [-0.2, -0.15) is 0 Å². The van der Waals surface area contributed by atoms with E-state index in [1.165, 1.54) is 0 Å². The molecule has 0 aliphatic rings. The molecule has 0 radical (unpaired) electrons. The summed E-state index contributed by atoms with van der Waals surface area (Å²) in [6, 6.07) is 0. The van der Waals surface area contributed by atoms with Crippen LogP contribution in [0.3, 0.4) is 0 Å². The van der Waals surface area contributed by atoms with Gasteiger partial charge in [-0.05, 0) is 13.0 Å². The highest BCUT2D eigenvalue weighted by molar-refractivity contribution is 5.25. The summed E-state index contributed by atoms with van der Waals surface area (Å²) in [6.45, 7) is 13.2. The summed E-state index contributed by atoms with van der Waals surface area (Å²) < 4.78 is 9.86. The van der Waals surface area contributed by atoms with Crippen LogP contribution in [-0.4, -0.2) is 14.2 Å². The first kappa shape index (κ1) is 14.3. The Kier molecular flexibility index (Phi) is 9.84. The molecule has 0 unspecified atom stereocenters. The molecule has 0 saturated carbocycles. The molecule has 2 nitrogen and oxygen atoms in total. The van der Waals surface area contributed by atoms with Crippen molar-refractivity contribution in [1.82, 2.24) is 0 Å². The molecule has 0 aromatic carbocycles. The highest BCUT2D eigenvalue weighted by atomic mass is 16.5. The van der Waals surface area contributed by atoms with Crippen LogP contribution in [0, 0.1) is 0 Å². The van der Waals surface area contributed by atoms with E-state index < -0.39 is 0 Å². The Morgan fingerprint density at radius 2 is 1.54 bits per heavy atom. The van der Waals surface area contributed by atoms with E-state index in [0.717, 1.165) is 5.57 Å². The minimum Gasteiger partial charge on any atom is -0.494 e. The Bertz CT molecular complexity index is 190. The molecule has 0 saturated heterocycles. The Labute approximate surface area is 81.6 Å². The first-order chi connectivity index (χ1) is 6.11. The summed E-state index contributed by atoms with van der Waals surface area (Å²) >= 11 is 0. The van der Waals surface area contributed by atoms with Gasteiger partial charge in [0.25, 0.3) is 0 Å². The fraction of sp³-hybridized carbons (Fsp3) is 0.455. The fourth-order valence-electron chi connectivity index (χ4n) is 0.578. The predicted octanol–water partition coefficient (Wildman–Crippen LogP) is 3.28. The van der Waals surface area contributed by atoms with Gasteiger partial charge in [-0.25, -0.2) is 0 Å². The van der Waals surface area contributed by atoms with Crippen LogP contribution in [0.15, 0.2) is 36.3 Å². The molecular formula is C11H20O2.